The molecule has 0 spiro atoms. The molecule has 110 valence electrons. The van der Waals surface area contributed by atoms with E-state index in [2.05, 4.69) is 54.1 Å². The van der Waals surface area contributed by atoms with E-state index >= 15 is 0 Å². The predicted molar refractivity (Wildman–Crippen MR) is 84.1 cm³/mol. The van der Waals surface area contributed by atoms with Crippen LogP contribution in [0.3, 0.4) is 0 Å². The molecule has 0 aliphatic carbocycles. The minimum atomic E-state index is 0.461. The van der Waals surface area contributed by atoms with Crippen LogP contribution in [-0.4, -0.2) is 55.1 Å². The molecule has 4 rings (SSSR count). The number of aryl methyl sites for hydroxylation is 2. The number of nitrogens with zero attached hydrogens (tertiary/aromatic N) is 2. The van der Waals surface area contributed by atoms with Crippen molar-refractivity contribution in [2.75, 3.05) is 39.3 Å². The molecule has 3 saturated heterocycles. The SMILES string of the molecule is CCNC(c1cc(C)ccc1C)C1CN2CCN1CC2. The predicted octanol–water partition coefficient (Wildman–Crippen LogP) is 1.95. The first kappa shape index (κ1) is 14.1. The van der Waals surface area contributed by atoms with E-state index < -0.39 is 0 Å². The van der Waals surface area contributed by atoms with Gasteiger partial charge in [-0.15, -0.1) is 0 Å². The van der Waals surface area contributed by atoms with Gasteiger partial charge in [-0.05, 0) is 31.5 Å². The van der Waals surface area contributed by atoms with Gasteiger partial charge in [-0.2, -0.15) is 0 Å². The summed E-state index contributed by atoms with van der Waals surface area (Å²) in [6.07, 6.45) is 0. The summed E-state index contributed by atoms with van der Waals surface area (Å²) < 4.78 is 0. The van der Waals surface area contributed by atoms with Gasteiger partial charge in [0, 0.05) is 44.8 Å². The van der Waals surface area contributed by atoms with Crippen molar-refractivity contribution >= 4 is 0 Å². The van der Waals surface area contributed by atoms with E-state index in [0.717, 1.165) is 6.54 Å². The number of fused-ring (bicyclic) bond motifs is 3. The van der Waals surface area contributed by atoms with Gasteiger partial charge in [-0.1, -0.05) is 30.7 Å². The Hall–Kier alpha value is -0.900. The molecule has 0 saturated carbocycles. The highest BCUT2D eigenvalue weighted by molar-refractivity contribution is 5.34. The summed E-state index contributed by atoms with van der Waals surface area (Å²) in [6, 6.07) is 7.95. The quantitative estimate of drug-likeness (QED) is 0.904. The number of likely N-dealkylation sites (N-methyl/N-ethyl adjacent to an activating group) is 1. The molecule has 0 radical (unpaired) electrons. The maximum absolute atomic E-state index is 3.75. The van der Waals surface area contributed by atoms with Gasteiger partial charge < -0.3 is 5.32 Å². The molecule has 0 aromatic heterocycles. The normalized spacial score (nSPS) is 30.4. The smallest absolute Gasteiger partial charge is 0.0493 e. The average Bonchev–Trinajstić information content (AvgIpc) is 2.49. The summed E-state index contributed by atoms with van der Waals surface area (Å²) in [5.74, 6) is 0. The van der Waals surface area contributed by atoms with E-state index in [1.54, 1.807) is 0 Å². The lowest BCUT2D eigenvalue weighted by molar-refractivity contribution is -0.00352. The Bertz CT molecular complexity index is 463. The molecule has 1 N–H and O–H groups in total. The van der Waals surface area contributed by atoms with Crippen molar-refractivity contribution in [1.29, 1.82) is 0 Å². The first-order valence-corrected chi connectivity index (χ1v) is 7.96. The lowest BCUT2D eigenvalue weighted by atomic mass is 9.90. The molecule has 1 aromatic rings. The number of hydrogen-bond donors (Lipinski definition) is 1. The fourth-order valence-corrected chi connectivity index (χ4v) is 3.74. The Labute approximate surface area is 123 Å². The highest BCUT2D eigenvalue weighted by atomic mass is 15.4. The van der Waals surface area contributed by atoms with Gasteiger partial charge in [0.1, 0.15) is 0 Å². The van der Waals surface area contributed by atoms with Gasteiger partial charge in [-0.3, -0.25) is 9.80 Å². The third kappa shape index (κ3) is 2.62. The van der Waals surface area contributed by atoms with E-state index in [1.165, 1.54) is 49.4 Å². The van der Waals surface area contributed by atoms with Crippen LogP contribution in [0.2, 0.25) is 0 Å². The van der Waals surface area contributed by atoms with Crippen LogP contribution in [0.1, 0.15) is 29.7 Å². The van der Waals surface area contributed by atoms with Gasteiger partial charge in [0.05, 0.1) is 0 Å². The molecular formula is C17H27N3. The summed E-state index contributed by atoms with van der Waals surface area (Å²) in [5, 5.41) is 3.75. The second-order valence-electron chi connectivity index (χ2n) is 6.30. The van der Waals surface area contributed by atoms with E-state index in [9.17, 15) is 0 Å². The molecule has 2 bridgehead atoms. The minimum absolute atomic E-state index is 0.461. The maximum atomic E-state index is 3.75. The first-order chi connectivity index (χ1) is 9.69. The fraction of sp³-hybridized carbons (Fsp3) is 0.647. The lowest BCUT2D eigenvalue weighted by Gasteiger charge is -2.50. The highest BCUT2D eigenvalue weighted by Gasteiger charge is 2.37. The van der Waals surface area contributed by atoms with Crippen molar-refractivity contribution in [2.24, 2.45) is 0 Å². The molecule has 3 aliphatic heterocycles. The zero-order valence-electron chi connectivity index (χ0n) is 13.0. The van der Waals surface area contributed by atoms with Crippen molar-refractivity contribution in [1.82, 2.24) is 15.1 Å². The monoisotopic (exact) mass is 273 g/mol. The molecular weight excluding hydrogens is 246 g/mol. The highest BCUT2D eigenvalue weighted by Crippen LogP contribution is 2.29. The van der Waals surface area contributed by atoms with Gasteiger partial charge in [0.15, 0.2) is 0 Å². The summed E-state index contributed by atoms with van der Waals surface area (Å²) in [5.41, 5.74) is 4.27. The van der Waals surface area contributed by atoms with Crippen LogP contribution in [0.4, 0.5) is 0 Å². The van der Waals surface area contributed by atoms with Crippen molar-refractivity contribution in [3.8, 4) is 0 Å². The maximum Gasteiger partial charge on any atom is 0.0493 e. The molecule has 3 heteroatoms. The summed E-state index contributed by atoms with van der Waals surface area (Å²) in [7, 11) is 0. The van der Waals surface area contributed by atoms with Gasteiger partial charge >= 0.3 is 0 Å². The summed E-state index contributed by atoms with van der Waals surface area (Å²) in [6.45, 7) is 13.9. The van der Waals surface area contributed by atoms with E-state index in [0.29, 0.717) is 12.1 Å². The van der Waals surface area contributed by atoms with Crippen LogP contribution >= 0.6 is 0 Å². The Morgan fingerprint density at radius 3 is 2.55 bits per heavy atom. The standard InChI is InChI=1S/C17H27N3/c1-4-18-17(15-11-13(2)5-6-14(15)3)16-12-19-7-9-20(16)10-8-19/h5-6,11,16-18H,4,7-10,12H2,1-3H3. The molecule has 20 heavy (non-hydrogen) atoms. The van der Waals surface area contributed by atoms with Crippen LogP contribution in [-0.2, 0) is 0 Å². The zero-order valence-corrected chi connectivity index (χ0v) is 13.0. The zero-order chi connectivity index (χ0) is 14.1. The number of nitrogens with one attached hydrogen (secondary N) is 1. The van der Waals surface area contributed by atoms with Crippen molar-refractivity contribution in [2.45, 2.75) is 32.9 Å². The largest absolute Gasteiger partial charge is 0.309 e. The van der Waals surface area contributed by atoms with Crippen molar-refractivity contribution < 1.29 is 0 Å². The van der Waals surface area contributed by atoms with Crippen LogP contribution < -0.4 is 5.32 Å². The molecule has 3 heterocycles. The number of benzene rings is 1. The first-order valence-electron chi connectivity index (χ1n) is 7.96. The third-order valence-corrected chi connectivity index (χ3v) is 4.90. The van der Waals surface area contributed by atoms with Gasteiger partial charge in [-0.25, -0.2) is 0 Å². The Balaban J connectivity index is 1.90. The summed E-state index contributed by atoms with van der Waals surface area (Å²) in [4.78, 5) is 5.31. The van der Waals surface area contributed by atoms with Crippen LogP contribution in [0, 0.1) is 13.8 Å². The van der Waals surface area contributed by atoms with E-state index in [4.69, 9.17) is 0 Å². The molecule has 1 aromatic carbocycles. The van der Waals surface area contributed by atoms with Crippen molar-refractivity contribution in [3.63, 3.8) is 0 Å². The summed E-state index contributed by atoms with van der Waals surface area (Å²) >= 11 is 0. The number of hydrogen-bond acceptors (Lipinski definition) is 3. The van der Waals surface area contributed by atoms with Crippen LogP contribution in [0.15, 0.2) is 18.2 Å². The third-order valence-electron chi connectivity index (χ3n) is 4.90. The van der Waals surface area contributed by atoms with Gasteiger partial charge in [0.2, 0.25) is 0 Å². The Kier molecular flexibility index (Phi) is 4.11. The molecule has 3 fully saturated rings. The van der Waals surface area contributed by atoms with Gasteiger partial charge in [0.25, 0.3) is 0 Å². The Morgan fingerprint density at radius 2 is 1.95 bits per heavy atom. The molecule has 3 nitrogen and oxygen atoms in total. The van der Waals surface area contributed by atoms with Crippen LogP contribution in [0.25, 0.3) is 0 Å². The Morgan fingerprint density at radius 1 is 1.20 bits per heavy atom. The van der Waals surface area contributed by atoms with E-state index in [1.807, 2.05) is 0 Å². The second kappa shape index (κ2) is 5.84. The lowest BCUT2D eigenvalue weighted by Crippen LogP contribution is -2.64. The topological polar surface area (TPSA) is 18.5 Å². The fourth-order valence-electron chi connectivity index (χ4n) is 3.74. The van der Waals surface area contributed by atoms with E-state index in [-0.39, 0.29) is 0 Å². The average molecular weight is 273 g/mol. The number of piperazine rings is 3. The van der Waals surface area contributed by atoms with Crippen LogP contribution in [0.5, 0.6) is 0 Å². The minimum Gasteiger partial charge on any atom is -0.309 e. The molecule has 2 atom stereocenters. The molecule has 3 aliphatic rings. The number of rotatable bonds is 4. The second-order valence-corrected chi connectivity index (χ2v) is 6.30. The molecule has 0 amide bonds. The van der Waals surface area contributed by atoms with Crippen molar-refractivity contribution in [3.05, 3.63) is 34.9 Å². The molecule has 2 unspecified atom stereocenters.